The van der Waals surface area contributed by atoms with Crippen molar-refractivity contribution in [3.05, 3.63) is 47.0 Å². The SMILES string of the molecule is CCOc1ccc(C(=O)Nc2cc(Cl)ccc2OCC(F)(F)F)cc1OCC. The van der Waals surface area contributed by atoms with E-state index in [0.717, 1.165) is 0 Å². The second kappa shape index (κ2) is 9.54. The van der Waals surface area contributed by atoms with Gasteiger partial charge in [-0.25, -0.2) is 0 Å². The van der Waals surface area contributed by atoms with E-state index in [-0.39, 0.29) is 22.0 Å². The Bertz CT molecular complexity index is 827. The molecule has 2 aromatic rings. The van der Waals surface area contributed by atoms with Crippen molar-refractivity contribution in [2.45, 2.75) is 20.0 Å². The van der Waals surface area contributed by atoms with Crippen LogP contribution in [-0.4, -0.2) is 31.9 Å². The molecule has 1 N–H and O–H groups in total. The van der Waals surface area contributed by atoms with Gasteiger partial charge in [-0.05, 0) is 50.2 Å². The van der Waals surface area contributed by atoms with Gasteiger partial charge in [0, 0.05) is 10.6 Å². The Hall–Kier alpha value is -2.61. The van der Waals surface area contributed by atoms with Crippen molar-refractivity contribution in [1.82, 2.24) is 0 Å². The van der Waals surface area contributed by atoms with Crippen LogP contribution in [0.2, 0.25) is 5.02 Å². The Morgan fingerprint density at radius 2 is 1.61 bits per heavy atom. The van der Waals surface area contributed by atoms with E-state index in [1.165, 1.54) is 30.3 Å². The molecular formula is C19H19ClF3NO4. The van der Waals surface area contributed by atoms with E-state index < -0.39 is 18.7 Å². The Balaban J connectivity index is 2.24. The van der Waals surface area contributed by atoms with Gasteiger partial charge in [0.2, 0.25) is 0 Å². The standard InChI is InChI=1S/C19H19ClF3NO4/c1-3-26-16-7-5-12(9-17(16)27-4-2)18(25)24-14-10-13(20)6-8-15(14)28-11-19(21,22)23/h5-10H,3-4,11H2,1-2H3,(H,24,25). The average Bonchev–Trinajstić information content (AvgIpc) is 2.62. The van der Waals surface area contributed by atoms with E-state index in [4.69, 9.17) is 25.8 Å². The molecule has 2 aromatic carbocycles. The molecule has 152 valence electrons. The summed E-state index contributed by atoms with van der Waals surface area (Å²) in [7, 11) is 0. The molecule has 0 radical (unpaired) electrons. The van der Waals surface area contributed by atoms with Gasteiger partial charge in [-0.1, -0.05) is 11.6 Å². The molecule has 0 saturated carbocycles. The molecular weight excluding hydrogens is 399 g/mol. The van der Waals surface area contributed by atoms with E-state index in [2.05, 4.69) is 5.32 Å². The lowest BCUT2D eigenvalue weighted by molar-refractivity contribution is -0.153. The zero-order valence-electron chi connectivity index (χ0n) is 15.2. The molecule has 28 heavy (non-hydrogen) atoms. The van der Waals surface area contributed by atoms with Crippen LogP contribution < -0.4 is 19.5 Å². The molecule has 0 aromatic heterocycles. The first kappa shape index (κ1) is 21.7. The molecule has 0 saturated heterocycles. The van der Waals surface area contributed by atoms with Gasteiger partial charge in [-0.15, -0.1) is 0 Å². The number of hydrogen-bond donors (Lipinski definition) is 1. The molecule has 1 amide bonds. The molecule has 0 fully saturated rings. The number of benzene rings is 2. The van der Waals surface area contributed by atoms with Gasteiger partial charge in [-0.2, -0.15) is 13.2 Å². The summed E-state index contributed by atoms with van der Waals surface area (Å²) in [6.45, 7) is 2.91. The number of halogens is 4. The Morgan fingerprint density at radius 3 is 2.25 bits per heavy atom. The van der Waals surface area contributed by atoms with Crippen LogP contribution in [0.1, 0.15) is 24.2 Å². The summed E-state index contributed by atoms with van der Waals surface area (Å²) in [4.78, 5) is 12.6. The van der Waals surface area contributed by atoms with Crippen LogP contribution in [-0.2, 0) is 0 Å². The smallest absolute Gasteiger partial charge is 0.422 e. The van der Waals surface area contributed by atoms with E-state index in [9.17, 15) is 18.0 Å². The van der Waals surface area contributed by atoms with Crippen LogP contribution in [0.25, 0.3) is 0 Å². The summed E-state index contributed by atoms with van der Waals surface area (Å²) in [5.74, 6) is 0.156. The molecule has 5 nitrogen and oxygen atoms in total. The molecule has 0 unspecified atom stereocenters. The molecule has 0 aliphatic carbocycles. The van der Waals surface area contributed by atoms with Crippen molar-refractivity contribution in [3.63, 3.8) is 0 Å². The predicted molar refractivity (Wildman–Crippen MR) is 99.7 cm³/mol. The number of alkyl halides is 3. The first-order valence-electron chi connectivity index (χ1n) is 8.43. The lowest BCUT2D eigenvalue weighted by atomic mass is 10.1. The summed E-state index contributed by atoms with van der Waals surface area (Å²) in [6.07, 6.45) is -4.51. The van der Waals surface area contributed by atoms with Gasteiger partial charge in [0.1, 0.15) is 5.75 Å². The Morgan fingerprint density at radius 1 is 0.964 bits per heavy atom. The minimum absolute atomic E-state index is 0.0218. The van der Waals surface area contributed by atoms with Crippen molar-refractivity contribution >= 4 is 23.2 Å². The number of rotatable bonds is 8. The first-order chi connectivity index (χ1) is 13.2. The minimum Gasteiger partial charge on any atom is -0.490 e. The van der Waals surface area contributed by atoms with Crippen molar-refractivity contribution in [2.24, 2.45) is 0 Å². The zero-order valence-corrected chi connectivity index (χ0v) is 16.0. The fraction of sp³-hybridized carbons (Fsp3) is 0.316. The van der Waals surface area contributed by atoms with Crippen molar-refractivity contribution in [2.75, 3.05) is 25.1 Å². The lowest BCUT2D eigenvalue weighted by Crippen LogP contribution is -2.20. The number of nitrogens with one attached hydrogen (secondary N) is 1. The maximum Gasteiger partial charge on any atom is 0.422 e. The molecule has 2 rings (SSSR count). The number of carbonyl (C=O) groups is 1. The summed E-state index contributed by atoms with van der Waals surface area (Å²) in [5, 5.41) is 2.75. The normalized spacial score (nSPS) is 11.1. The van der Waals surface area contributed by atoms with E-state index in [1.54, 1.807) is 13.0 Å². The largest absolute Gasteiger partial charge is 0.490 e. The van der Waals surface area contributed by atoms with Gasteiger partial charge in [0.25, 0.3) is 5.91 Å². The van der Waals surface area contributed by atoms with E-state index in [1.807, 2.05) is 6.92 Å². The molecule has 9 heteroatoms. The first-order valence-corrected chi connectivity index (χ1v) is 8.81. The van der Waals surface area contributed by atoms with Crippen LogP contribution in [0, 0.1) is 0 Å². The second-order valence-corrected chi connectivity index (χ2v) is 5.96. The van der Waals surface area contributed by atoms with Gasteiger partial charge in [0.15, 0.2) is 18.1 Å². The van der Waals surface area contributed by atoms with Crippen LogP contribution in [0.5, 0.6) is 17.2 Å². The molecule has 0 aliphatic heterocycles. The van der Waals surface area contributed by atoms with Crippen LogP contribution in [0.3, 0.4) is 0 Å². The van der Waals surface area contributed by atoms with Crippen molar-refractivity contribution in [1.29, 1.82) is 0 Å². The summed E-state index contributed by atoms with van der Waals surface area (Å²) >= 11 is 5.89. The highest BCUT2D eigenvalue weighted by Gasteiger charge is 2.29. The van der Waals surface area contributed by atoms with E-state index in [0.29, 0.717) is 24.7 Å². The second-order valence-electron chi connectivity index (χ2n) is 5.53. The van der Waals surface area contributed by atoms with Crippen LogP contribution >= 0.6 is 11.6 Å². The fourth-order valence-electron chi connectivity index (χ4n) is 2.27. The number of ether oxygens (including phenoxy) is 3. The quantitative estimate of drug-likeness (QED) is 0.630. The highest BCUT2D eigenvalue weighted by atomic mass is 35.5. The minimum atomic E-state index is -4.51. The summed E-state index contributed by atoms with van der Waals surface area (Å²) < 4.78 is 53.0. The Kier molecular flexibility index (Phi) is 7.39. The fourth-order valence-corrected chi connectivity index (χ4v) is 2.44. The van der Waals surface area contributed by atoms with Crippen molar-refractivity contribution < 1.29 is 32.2 Å². The third-order valence-corrected chi connectivity index (χ3v) is 3.62. The number of hydrogen-bond acceptors (Lipinski definition) is 4. The molecule has 0 bridgehead atoms. The third-order valence-electron chi connectivity index (χ3n) is 3.39. The average molecular weight is 418 g/mol. The van der Waals surface area contributed by atoms with Gasteiger partial charge < -0.3 is 19.5 Å². The maximum absolute atomic E-state index is 12.6. The summed E-state index contributed by atoms with van der Waals surface area (Å²) in [6, 6.07) is 8.53. The predicted octanol–water partition coefficient (Wildman–Crippen LogP) is 5.33. The maximum atomic E-state index is 12.6. The molecule has 0 atom stereocenters. The van der Waals surface area contributed by atoms with Crippen LogP contribution in [0.4, 0.5) is 18.9 Å². The third kappa shape index (κ3) is 6.23. The number of anilines is 1. The number of carbonyl (C=O) groups excluding carboxylic acids is 1. The highest BCUT2D eigenvalue weighted by molar-refractivity contribution is 6.31. The molecule has 0 spiro atoms. The lowest BCUT2D eigenvalue weighted by Gasteiger charge is -2.15. The summed E-state index contributed by atoms with van der Waals surface area (Å²) in [5.41, 5.74) is 0.252. The van der Waals surface area contributed by atoms with Gasteiger partial charge in [-0.3, -0.25) is 4.79 Å². The van der Waals surface area contributed by atoms with E-state index >= 15 is 0 Å². The topological polar surface area (TPSA) is 56.8 Å². The monoisotopic (exact) mass is 417 g/mol. The van der Waals surface area contributed by atoms with Gasteiger partial charge in [0.05, 0.1) is 18.9 Å². The molecule has 0 heterocycles. The van der Waals surface area contributed by atoms with Crippen LogP contribution in [0.15, 0.2) is 36.4 Å². The zero-order chi connectivity index (χ0) is 20.7. The van der Waals surface area contributed by atoms with Gasteiger partial charge >= 0.3 is 6.18 Å². The highest BCUT2D eigenvalue weighted by Crippen LogP contribution is 2.32. The molecule has 0 aliphatic rings. The van der Waals surface area contributed by atoms with Crippen molar-refractivity contribution in [3.8, 4) is 17.2 Å². The number of amides is 1. The Labute approximate surface area is 165 Å².